The second kappa shape index (κ2) is 6.37. The molecule has 0 radical (unpaired) electrons. The fourth-order valence-electron chi connectivity index (χ4n) is 2.33. The van der Waals surface area contributed by atoms with Gasteiger partial charge in [0.25, 0.3) is 0 Å². The fraction of sp³-hybridized carbons (Fsp3) is 0.294. The average Bonchev–Trinajstić information content (AvgIpc) is 2.52. The minimum absolute atomic E-state index is 0.0523. The quantitative estimate of drug-likeness (QED) is 0.623. The summed E-state index contributed by atoms with van der Waals surface area (Å²) in [4.78, 5) is 1.62. The van der Waals surface area contributed by atoms with Crippen molar-refractivity contribution < 1.29 is 26.3 Å². The zero-order valence-electron chi connectivity index (χ0n) is 12.9. The molecule has 2 aromatic rings. The normalized spacial score (nSPS) is 13.7. The van der Waals surface area contributed by atoms with Crippen LogP contribution >= 0.6 is 0 Å². The number of anilines is 1. The van der Waals surface area contributed by atoms with Crippen LogP contribution < -0.4 is 4.90 Å². The SMILES string of the molecule is CC(c1cc(C(F)(F)F)cc(C(F)(F)F)c1)N(C)c1ccccc1. The molecule has 0 amide bonds. The molecule has 0 bridgehead atoms. The summed E-state index contributed by atoms with van der Waals surface area (Å²) in [6, 6.07) is 9.71. The Balaban J connectivity index is 2.48. The first-order chi connectivity index (χ1) is 11.0. The van der Waals surface area contributed by atoms with Crippen LogP contribution in [0.4, 0.5) is 32.0 Å². The lowest BCUT2D eigenvalue weighted by Gasteiger charge is -2.28. The van der Waals surface area contributed by atoms with E-state index in [-0.39, 0.29) is 11.6 Å². The number of hydrogen-bond donors (Lipinski definition) is 0. The molecule has 2 rings (SSSR count). The maximum Gasteiger partial charge on any atom is 0.416 e. The van der Waals surface area contributed by atoms with Crippen molar-refractivity contribution in [1.82, 2.24) is 0 Å². The molecule has 0 spiro atoms. The van der Waals surface area contributed by atoms with Gasteiger partial charge in [-0.3, -0.25) is 0 Å². The highest BCUT2D eigenvalue weighted by Gasteiger charge is 2.37. The molecule has 1 atom stereocenters. The molecule has 0 saturated carbocycles. The molecule has 7 heteroatoms. The summed E-state index contributed by atoms with van der Waals surface area (Å²) in [6.07, 6.45) is -9.69. The van der Waals surface area contributed by atoms with Crippen LogP contribution in [-0.2, 0) is 12.4 Å². The molecule has 0 aliphatic heterocycles. The highest BCUT2D eigenvalue weighted by atomic mass is 19.4. The van der Waals surface area contributed by atoms with E-state index in [9.17, 15) is 26.3 Å². The van der Waals surface area contributed by atoms with Gasteiger partial charge >= 0.3 is 12.4 Å². The Morgan fingerprint density at radius 3 is 1.67 bits per heavy atom. The molecule has 0 heterocycles. The maximum absolute atomic E-state index is 12.9. The van der Waals surface area contributed by atoms with Crippen molar-refractivity contribution in [2.24, 2.45) is 0 Å². The second-order valence-electron chi connectivity index (χ2n) is 5.46. The van der Waals surface area contributed by atoms with Gasteiger partial charge in [-0.2, -0.15) is 26.3 Å². The first kappa shape index (κ1) is 18.2. The zero-order chi connectivity index (χ0) is 18.1. The summed E-state index contributed by atoms with van der Waals surface area (Å²) in [5, 5.41) is 0. The van der Waals surface area contributed by atoms with Crippen LogP contribution in [-0.4, -0.2) is 7.05 Å². The molecule has 24 heavy (non-hydrogen) atoms. The van der Waals surface area contributed by atoms with Gasteiger partial charge in [0.1, 0.15) is 0 Å². The molecule has 1 unspecified atom stereocenters. The van der Waals surface area contributed by atoms with E-state index < -0.39 is 29.5 Å². The van der Waals surface area contributed by atoms with E-state index in [1.807, 2.05) is 0 Å². The lowest BCUT2D eigenvalue weighted by molar-refractivity contribution is -0.143. The molecule has 0 aliphatic carbocycles. The summed E-state index contributed by atoms with van der Waals surface area (Å²) in [5.74, 6) is 0. The monoisotopic (exact) mass is 347 g/mol. The Labute approximate surface area is 135 Å². The van der Waals surface area contributed by atoms with Crippen LogP contribution in [0.1, 0.15) is 29.7 Å². The molecule has 1 nitrogen and oxygen atoms in total. The molecule has 0 N–H and O–H groups in total. The predicted octanol–water partition coefficient (Wildman–Crippen LogP) is 5.92. The molecule has 0 aliphatic rings. The minimum Gasteiger partial charge on any atom is -0.368 e. The van der Waals surface area contributed by atoms with Crippen LogP contribution in [0, 0.1) is 0 Å². The number of halogens is 6. The van der Waals surface area contributed by atoms with Gasteiger partial charge < -0.3 is 4.90 Å². The van der Waals surface area contributed by atoms with E-state index in [2.05, 4.69) is 0 Å². The summed E-state index contributed by atoms with van der Waals surface area (Å²) < 4.78 is 77.7. The largest absolute Gasteiger partial charge is 0.416 e. The number of nitrogens with zero attached hydrogens (tertiary/aromatic N) is 1. The summed E-state index contributed by atoms with van der Waals surface area (Å²) in [7, 11) is 1.62. The molecular formula is C17H15F6N. The topological polar surface area (TPSA) is 3.24 Å². The van der Waals surface area contributed by atoms with Gasteiger partial charge in [-0.25, -0.2) is 0 Å². The number of alkyl halides is 6. The number of para-hydroxylation sites is 1. The van der Waals surface area contributed by atoms with Crippen LogP contribution in [0.2, 0.25) is 0 Å². The number of hydrogen-bond acceptors (Lipinski definition) is 1. The molecular weight excluding hydrogens is 332 g/mol. The minimum atomic E-state index is -4.85. The van der Waals surface area contributed by atoms with Crippen molar-refractivity contribution in [3.05, 3.63) is 65.2 Å². The van der Waals surface area contributed by atoms with Crippen molar-refractivity contribution in [2.45, 2.75) is 25.3 Å². The number of benzene rings is 2. The highest BCUT2D eigenvalue weighted by molar-refractivity contribution is 5.48. The smallest absolute Gasteiger partial charge is 0.368 e. The summed E-state index contributed by atoms with van der Waals surface area (Å²) in [6.45, 7) is 1.56. The Morgan fingerprint density at radius 1 is 0.792 bits per heavy atom. The molecule has 0 saturated heterocycles. The van der Waals surface area contributed by atoms with E-state index in [4.69, 9.17) is 0 Å². The van der Waals surface area contributed by atoms with E-state index >= 15 is 0 Å². The van der Waals surface area contributed by atoms with Crippen LogP contribution in [0.3, 0.4) is 0 Å². The second-order valence-corrected chi connectivity index (χ2v) is 5.46. The lowest BCUT2D eigenvalue weighted by atomic mass is 9.99. The van der Waals surface area contributed by atoms with E-state index in [0.717, 1.165) is 12.1 Å². The van der Waals surface area contributed by atoms with Gasteiger partial charge in [0.05, 0.1) is 17.2 Å². The van der Waals surface area contributed by atoms with Gasteiger partial charge in [0, 0.05) is 12.7 Å². The Bertz CT molecular complexity index is 658. The van der Waals surface area contributed by atoms with Gasteiger partial charge in [-0.1, -0.05) is 18.2 Å². The van der Waals surface area contributed by atoms with Crippen molar-refractivity contribution in [2.75, 3.05) is 11.9 Å². The lowest BCUT2D eigenvalue weighted by Crippen LogP contribution is -2.23. The van der Waals surface area contributed by atoms with Crippen LogP contribution in [0.5, 0.6) is 0 Å². The zero-order valence-corrected chi connectivity index (χ0v) is 12.9. The van der Waals surface area contributed by atoms with Crippen molar-refractivity contribution in [1.29, 1.82) is 0 Å². The van der Waals surface area contributed by atoms with E-state index in [0.29, 0.717) is 5.69 Å². The average molecular weight is 347 g/mol. The van der Waals surface area contributed by atoms with Crippen LogP contribution in [0.25, 0.3) is 0 Å². The van der Waals surface area contributed by atoms with Crippen molar-refractivity contribution >= 4 is 5.69 Å². The van der Waals surface area contributed by atoms with Gasteiger partial charge in [0.15, 0.2) is 0 Å². The number of rotatable bonds is 3. The standard InChI is InChI=1S/C17H15F6N/c1-11(24(2)15-6-4-3-5-7-15)12-8-13(16(18,19)20)10-14(9-12)17(21,22)23/h3-11H,1-2H3. The third kappa shape index (κ3) is 4.01. The third-order valence-electron chi connectivity index (χ3n) is 3.84. The molecule has 0 aromatic heterocycles. The predicted molar refractivity (Wildman–Crippen MR) is 79.7 cm³/mol. The molecule has 130 valence electrons. The van der Waals surface area contributed by atoms with Gasteiger partial charge in [0.2, 0.25) is 0 Å². The molecule has 2 aromatic carbocycles. The Kier molecular flexibility index (Phi) is 4.82. The van der Waals surface area contributed by atoms with Gasteiger partial charge in [-0.05, 0) is 42.8 Å². The first-order valence-corrected chi connectivity index (χ1v) is 7.07. The first-order valence-electron chi connectivity index (χ1n) is 7.07. The molecule has 0 fully saturated rings. The highest BCUT2D eigenvalue weighted by Crippen LogP contribution is 2.38. The van der Waals surface area contributed by atoms with Gasteiger partial charge in [-0.15, -0.1) is 0 Å². The van der Waals surface area contributed by atoms with Crippen molar-refractivity contribution in [3.8, 4) is 0 Å². The Hall–Kier alpha value is -2.18. The maximum atomic E-state index is 12.9. The third-order valence-corrected chi connectivity index (χ3v) is 3.84. The van der Waals surface area contributed by atoms with Crippen molar-refractivity contribution in [3.63, 3.8) is 0 Å². The summed E-state index contributed by atoms with van der Waals surface area (Å²) >= 11 is 0. The van der Waals surface area contributed by atoms with E-state index in [1.165, 1.54) is 0 Å². The fourth-order valence-corrected chi connectivity index (χ4v) is 2.33. The van der Waals surface area contributed by atoms with E-state index in [1.54, 1.807) is 49.2 Å². The van der Waals surface area contributed by atoms with Crippen LogP contribution in [0.15, 0.2) is 48.5 Å². The Morgan fingerprint density at radius 2 is 1.25 bits per heavy atom. The summed E-state index contributed by atoms with van der Waals surface area (Å²) in [5.41, 5.74) is -1.97.